The second-order valence-corrected chi connectivity index (χ2v) is 6.92. The standard InChI is InChI=1S/C20H19F3N2O6/c1-10-4-13(11(2)25(10)8-20(21,22)23)19(28)29-7-18(27)24-15-6-17-16(30-9-31-17)5-14(15)12(3)26/h4-6H,7-9H2,1-3H3,(H,24,27). The molecule has 166 valence electrons. The molecule has 31 heavy (non-hydrogen) atoms. The number of carbonyl (C=O) groups excluding carboxylic acids is 3. The largest absolute Gasteiger partial charge is 0.454 e. The minimum absolute atomic E-state index is 0.0194. The number of carbonyl (C=O) groups is 3. The van der Waals surface area contributed by atoms with Crippen LogP contribution in [0.1, 0.15) is 39.0 Å². The number of alkyl halides is 3. The van der Waals surface area contributed by atoms with E-state index in [2.05, 4.69) is 5.32 Å². The van der Waals surface area contributed by atoms with E-state index in [9.17, 15) is 27.6 Å². The lowest BCUT2D eigenvalue weighted by Gasteiger charge is -2.12. The van der Waals surface area contributed by atoms with E-state index in [-0.39, 0.29) is 40.8 Å². The molecule has 1 aliphatic rings. The zero-order chi connectivity index (χ0) is 22.9. The molecule has 2 heterocycles. The molecule has 2 aromatic rings. The van der Waals surface area contributed by atoms with E-state index in [1.54, 1.807) is 0 Å². The molecule has 1 aromatic carbocycles. The summed E-state index contributed by atoms with van der Waals surface area (Å²) in [6.45, 7) is 2.15. The third kappa shape index (κ3) is 4.98. The molecule has 1 amide bonds. The molecule has 0 aliphatic carbocycles. The Morgan fingerprint density at radius 3 is 2.35 bits per heavy atom. The second-order valence-electron chi connectivity index (χ2n) is 6.92. The molecule has 1 aliphatic heterocycles. The van der Waals surface area contributed by atoms with Crippen LogP contribution < -0.4 is 14.8 Å². The molecule has 0 fully saturated rings. The van der Waals surface area contributed by atoms with Crippen molar-refractivity contribution in [2.45, 2.75) is 33.5 Å². The molecule has 0 radical (unpaired) electrons. The Morgan fingerprint density at radius 1 is 1.10 bits per heavy atom. The van der Waals surface area contributed by atoms with E-state index in [0.717, 1.165) is 4.57 Å². The highest BCUT2D eigenvalue weighted by Crippen LogP contribution is 2.37. The predicted octanol–water partition coefficient (Wildman–Crippen LogP) is 3.39. The molecule has 3 rings (SSSR count). The van der Waals surface area contributed by atoms with Gasteiger partial charge in [-0.1, -0.05) is 0 Å². The van der Waals surface area contributed by atoms with Crippen LogP contribution in [0.5, 0.6) is 11.5 Å². The minimum Gasteiger partial charge on any atom is -0.454 e. The van der Waals surface area contributed by atoms with Gasteiger partial charge in [0.25, 0.3) is 5.91 Å². The summed E-state index contributed by atoms with van der Waals surface area (Å²) in [6, 6.07) is 4.12. The summed E-state index contributed by atoms with van der Waals surface area (Å²) in [5, 5.41) is 2.46. The molecule has 8 nitrogen and oxygen atoms in total. The molecule has 1 N–H and O–H groups in total. The van der Waals surface area contributed by atoms with Crippen LogP contribution in [-0.2, 0) is 16.1 Å². The lowest BCUT2D eigenvalue weighted by atomic mass is 10.1. The Labute approximate surface area is 174 Å². The fourth-order valence-corrected chi connectivity index (χ4v) is 3.16. The number of Topliss-reactive ketones (excluding diaryl/α,β-unsaturated/α-hetero) is 1. The van der Waals surface area contributed by atoms with Crippen molar-refractivity contribution in [1.82, 2.24) is 4.57 Å². The van der Waals surface area contributed by atoms with Crippen LogP contribution in [0.4, 0.5) is 18.9 Å². The predicted molar refractivity (Wildman–Crippen MR) is 101 cm³/mol. The number of rotatable bonds is 6. The zero-order valence-electron chi connectivity index (χ0n) is 16.9. The molecule has 0 saturated carbocycles. The van der Waals surface area contributed by atoms with Gasteiger partial charge >= 0.3 is 12.1 Å². The lowest BCUT2D eigenvalue weighted by Crippen LogP contribution is -2.22. The first-order valence-corrected chi connectivity index (χ1v) is 9.11. The number of nitrogens with zero attached hydrogens (tertiary/aromatic N) is 1. The van der Waals surface area contributed by atoms with Gasteiger partial charge in [-0.25, -0.2) is 4.79 Å². The Balaban J connectivity index is 1.68. The summed E-state index contributed by atoms with van der Waals surface area (Å²) >= 11 is 0. The second kappa shape index (κ2) is 8.32. The molecule has 0 bridgehead atoms. The minimum atomic E-state index is -4.45. The number of aromatic nitrogens is 1. The van der Waals surface area contributed by atoms with Crippen molar-refractivity contribution in [3.63, 3.8) is 0 Å². The number of ether oxygens (including phenoxy) is 3. The Morgan fingerprint density at radius 2 is 1.74 bits per heavy atom. The fourth-order valence-electron chi connectivity index (χ4n) is 3.16. The van der Waals surface area contributed by atoms with E-state index in [1.165, 1.54) is 39.0 Å². The van der Waals surface area contributed by atoms with Crippen LogP contribution in [0.3, 0.4) is 0 Å². The molecule has 1 aromatic heterocycles. The highest BCUT2D eigenvalue weighted by atomic mass is 19.4. The lowest BCUT2D eigenvalue weighted by molar-refractivity contribution is -0.141. The van der Waals surface area contributed by atoms with Gasteiger partial charge in [0.05, 0.1) is 11.3 Å². The van der Waals surface area contributed by atoms with E-state index in [0.29, 0.717) is 11.5 Å². The van der Waals surface area contributed by atoms with Crippen LogP contribution in [0.2, 0.25) is 0 Å². The highest BCUT2D eigenvalue weighted by Gasteiger charge is 2.30. The maximum atomic E-state index is 12.7. The summed E-state index contributed by atoms with van der Waals surface area (Å²) in [5.74, 6) is -1.30. The number of benzene rings is 1. The van der Waals surface area contributed by atoms with Crippen LogP contribution in [-0.4, -0.2) is 41.8 Å². The van der Waals surface area contributed by atoms with E-state index in [1.807, 2.05) is 0 Å². The van der Waals surface area contributed by atoms with E-state index < -0.39 is 31.2 Å². The number of hydrogen-bond donors (Lipinski definition) is 1. The van der Waals surface area contributed by atoms with Gasteiger partial charge in [-0.05, 0) is 32.9 Å². The molecular formula is C20H19F3N2O6. The van der Waals surface area contributed by atoms with Gasteiger partial charge in [0.15, 0.2) is 23.9 Å². The normalized spacial score (nSPS) is 12.6. The molecule has 0 unspecified atom stereocenters. The SMILES string of the molecule is CC(=O)c1cc2c(cc1NC(=O)COC(=O)c1cc(C)n(CC(F)(F)F)c1C)OCO2. The third-order valence-electron chi connectivity index (χ3n) is 4.63. The van der Waals surface area contributed by atoms with Crippen molar-refractivity contribution in [1.29, 1.82) is 0 Å². The first-order valence-electron chi connectivity index (χ1n) is 9.11. The highest BCUT2D eigenvalue weighted by molar-refractivity contribution is 6.05. The Kier molecular flexibility index (Phi) is 5.96. The van der Waals surface area contributed by atoms with Crippen molar-refractivity contribution in [2.75, 3.05) is 18.7 Å². The van der Waals surface area contributed by atoms with E-state index in [4.69, 9.17) is 14.2 Å². The number of anilines is 1. The topological polar surface area (TPSA) is 95.9 Å². The number of nitrogens with one attached hydrogen (secondary N) is 1. The third-order valence-corrected chi connectivity index (χ3v) is 4.63. The van der Waals surface area contributed by atoms with Crippen LogP contribution in [0.15, 0.2) is 18.2 Å². The first kappa shape index (κ1) is 22.2. The number of hydrogen-bond acceptors (Lipinski definition) is 6. The first-order chi connectivity index (χ1) is 14.5. The van der Waals surface area contributed by atoms with Gasteiger partial charge in [0.1, 0.15) is 6.54 Å². The van der Waals surface area contributed by atoms with Crippen LogP contribution >= 0.6 is 0 Å². The fraction of sp³-hybridized carbons (Fsp3) is 0.350. The van der Waals surface area contributed by atoms with Gasteiger partial charge in [-0.2, -0.15) is 13.2 Å². The number of aryl methyl sites for hydroxylation is 1. The quantitative estimate of drug-likeness (QED) is 0.547. The summed E-state index contributed by atoms with van der Waals surface area (Å²) in [6.07, 6.45) is -4.45. The molecule has 11 heteroatoms. The van der Waals surface area contributed by atoms with Gasteiger partial charge in [0, 0.05) is 23.0 Å². The maximum Gasteiger partial charge on any atom is 0.406 e. The smallest absolute Gasteiger partial charge is 0.406 e. The van der Waals surface area contributed by atoms with Crippen molar-refractivity contribution >= 4 is 23.3 Å². The monoisotopic (exact) mass is 440 g/mol. The number of amides is 1. The number of ketones is 1. The molecular weight excluding hydrogens is 421 g/mol. The van der Waals surface area contributed by atoms with Crippen molar-refractivity contribution < 1.29 is 41.8 Å². The summed E-state index contributed by atoms with van der Waals surface area (Å²) in [4.78, 5) is 36.4. The Hall–Kier alpha value is -3.50. The van der Waals surface area contributed by atoms with Crippen LogP contribution in [0.25, 0.3) is 0 Å². The van der Waals surface area contributed by atoms with Gasteiger partial charge in [-0.15, -0.1) is 0 Å². The maximum absolute atomic E-state index is 12.7. The summed E-state index contributed by atoms with van der Waals surface area (Å²) in [5.41, 5.74) is 0.579. The van der Waals surface area contributed by atoms with Gasteiger partial charge in [-0.3, -0.25) is 9.59 Å². The summed E-state index contributed by atoms with van der Waals surface area (Å²) in [7, 11) is 0. The number of fused-ring (bicyclic) bond motifs is 1. The molecule has 0 atom stereocenters. The average molecular weight is 440 g/mol. The Bertz CT molecular complexity index is 1060. The summed E-state index contributed by atoms with van der Waals surface area (Å²) < 4.78 is 54.5. The van der Waals surface area contributed by atoms with Crippen molar-refractivity contribution in [3.8, 4) is 11.5 Å². The van der Waals surface area contributed by atoms with Crippen molar-refractivity contribution in [3.05, 3.63) is 40.7 Å². The average Bonchev–Trinajstić information content (AvgIpc) is 3.23. The number of esters is 1. The van der Waals surface area contributed by atoms with Crippen LogP contribution in [0, 0.1) is 13.8 Å². The number of halogens is 3. The molecule has 0 spiro atoms. The van der Waals surface area contributed by atoms with Gasteiger partial charge < -0.3 is 24.1 Å². The molecule has 0 saturated heterocycles. The van der Waals surface area contributed by atoms with Crippen molar-refractivity contribution in [2.24, 2.45) is 0 Å². The zero-order valence-corrected chi connectivity index (χ0v) is 16.9. The van der Waals surface area contributed by atoms with Gasteiger partial charge in [0.2, 0.25) is 6.79 Å². The van der Waals surface area contributed by atoms with E-state index >= 15 is 0 Å².